The van der Waals surface area contributed by atoms with Crippen molar-refractivity contribution >= 4 is 33.4 Å². The van der Waals surface area contributed by atoms with E-state index in [2.05, 4.69) is 32.2 Å². The Bertz CT molecular complexity index is 428. The summed E-state index contributed by atoms with van der Waals surface area (Å²) in [4.78, 5) is 15.5. The normalized spacial score (nSPS) is 11.6. The molecule has 1 aromatic heterocycles. The molecule has 0 aliphatic rings. The van der Waals surface area contributed by atoms with Crippen LogP contribution in [-0.2, 0) is 0 Å². The third-order valence-corrected chi connectivity index (χ3v) is 2.38. The predicted molar refractivity (Wildman–Crippen MR) is 62.7 cm³/mol. The minimum absolute atomic E-state index is 0.153. The van der Waals surface area contributed by atoms with Gasteiger partial charge in [0.2, 0.25) is 0 Å². The molecule has 78 valence electrons. The molecule has 0 radical (unpaired) electrons. The quantitative estimate of drug-likeness (QED) is 0.669. The molecule has 5 heteroatoms. The van der Waals surface area contributed by atoms with E-state index in [1.165, 1.54) is 6.20 Å². The van der Waals surface area contributed by atoms with Crippen molar-refractivity contribution in [3.63, 3.8) is 0 Å². The summed E-state index contributed by atoms with van der Waals surface area (Å²) in [6.07, 6.45) is 6.66. The summed E-state index contributed by atoms with van der Waals surface area (Å²) in [5.41, 5.74) is 0.299. The van der Waals surface area contributed by atoms with Gasteiger partial charge in [0.15, 0.2) is 0 Å². The van der Waals surface area contributed by atoms with Gasteiger partial charge in [0.05, 0.1) is 11.6 Å². The molecule has 1 amide bonds. The Hall–Kier alpha value is -1.05. The van der Waals surface area contributed by atoms with Crippen LogP contribution in [0, 0.1) is 12.3 Å². The predicted octanol–water partition coefficient (Wildman–Crippen LogP) is 2.25. The average molecular weight is 288 g/mol. The number of amides is 1. The van der Waals surface area contributed by atoms with Gasteiger partial charge in [0.25, 0.3) is 5.91 Å². The number of pyridine rings is 1. The maximum absolute atomic E-state index is 11.6. The maximum atomic E-state index is 11.6. The summed E-state index contributed by atoms with van der Waals surface area (Å²) in [7, 11) is 0. The van der Waals surface area contributed by atoms with Crippen LogP contribution < -0.4 is 5.32 Å². The van der Waals surface area contributed by atoms with Gasteiger partial charge in [0, 0.05) is 10.7 Å². The zero-order valence-corrected chi connectivity index (χ0v) is 10.3. The molecule has 1 rings (SSSR count). The fourth-order valence-electron chi connectivity index (χ4n) is 0.898. The molecule has 0 saturated heterocycles. The first-order valence-electron chi connectivity index (χ1n) is 4.12. The van der Waals surface area contributed by atoms with Crippen molar-refractivity contribution in [1.82, 2.24) is 10.3 Å². The number of hydrogen-bond acceptors (Lipinski definition) is 2. The van der Waals surface area contributed by atoms with Gasteiger partial charge in [-0.25, -0.2) is 4.98 Å². The molecule has 0 aromatic carbocycles. The lowest BCUT2D eigenvalue weighted by Gasteiger charge is -2.08. The van der Waals surface area contributed by atoms with Crippen LogP contribution >= 0.6 is 27.5 Å². The Morgan fingerprint density at radius 2 is 2.47 bits per heavy atom. The smallest absolute Gasteiger partial charge is 0.255 e. The molecule has 0 aliphatic heterocycles. The molecule has 1 heterocycles. The van der Waals surface area contributed by atoms with E-state index in [1.807, 2.05) is 0 Å². The Morgan fingerprint density at radius 1 is 1.80 bits per heavy atom. The van der Waals surface area contributed by atoms with Crippen LogP contribution in [0.1, 0.15) is 17.3 Å². The Kier molecular flexibility index (Phi) is 4.13. The summed E-state index contributed by atoms with van der Waals surface area (Å²) in [5, 5.41) is 2.75. The summed E-state index contributed by atoms with van der Waals surface area (Å²) >= 11 is 8.98. The molecule has 0 fully saturated rings. The van der Waals surface area contributed by atoms with E-state index in [9.17, 15) is 4.79 Å². The highest BCUT2D eigenvalue weighted by molar-refractivity contribution is 9.10. The fraction of sp³-hybridized carbons (Fsp3) is 0.200. The lowest BCUT2D eigenvalue weighted by molar-refractivity contribution is 0.0948. The lowest BCUT2D eigenvalue weighted by atomic mass is 10.2. The van der Waals surface area contributed by atoms with Crippen LogP contribution in [-0.4, -0.2) is 16.9 Å². The highest BCUT2D eigenvalue weighted by Gasteiger charge is 2.13. The number of aromatic nitrogens is 1. The van der Waals surface area contributed by atoms with Crippen molar-refractivity contribution in [3.05, 3.63) is 27.5 Å². The second kappa shape index (κ2) is 5.15. The van der Waals surface area contributed by atoms with Crippen molar-refractivity contribution in [2.45, 2.75) is 13.0 Å². The minimum atomic E-state index is -0.340. The first kappa shape index (κ1) is 12.0. The van der Waals surface area contributed by atoms with Crippen molar-refractivity contribution in [2.75, 3.05) is 0 Å². The molecular formula is C10H8BrClN2O. The summed E-state index contributed by atoms with van der Waals surface area (Å²) in [5.74, 6) is 2.06. The second-order valence-electron chi connectivity index (χ2n) is 2.85. The Labute approximate surface area is 101 Å². The molecule has 0 spiro atoms. The third-order valence-electron chi connectivity index (χ3n) is 1.65. The fourth-order valence-corrected chi connectivity index (χ4v) is 1.42. The van der Waals surface area contributed by atoms with Crippen LogP contribution in [0.25, 0.3) is 0 Å². The Morgan fingerprint density at radius 3 is 3.07 bits per heavy atom. The third kappa shape index (κ3) is 3.22. The van der Waals surface area contributed by atoms with Gasteiger partial charge in [-0.15, -0.1) is 6.42 Å². The molecule has 0 saturated carbocycles. The van der Waals surface area contributed by atoms with Crippen molar-refractivity contribution in [3.8, 4) is 12.3 Å². The highest BCUT2D eigenvalue weighted by atomic mass is 79.9. The molecule has 0 aliphatic carbocycles. The van der Waals surface area contributed by atoms with E-state index in [-0.39, 0.29) is 17.1 Å². The number of nitrogens with one attached hydrogen (secondary N) is 1. The van der Waals surface area contributed by atoms with E-state index in [0.29, 0.717) is 10.0 Å². The van der Waals surface area contributed by atoms with Crippen molar-refractivity contribution < 1.29 is 4.79 Å². The van der Waals surface area contributed by atoms with Gasteiger partial charge in [-0.1, -0.05) is 17.5 Å². The van der Waals surface area contributed by atoms with Crippen LogP contribution in [0.5, 0.6) is 0 Å². The second-order valence-corrected chi connectivity index (χ2v) is 4.13. The SMILES string of the molecule is C#CC(C)NC(=O)c1cc(Br)cnc1Cl. The van der Waals surface area contributed by atoms with E-state index < -0.39 is 0 Å². The van der Waals surface area contributed by atoms with Crippen LogP contribution in [0.3, 0.4) is 0 Å². The average Bonchev–Trinajstić information content (AvgIpc) is 2.21. The molecule has 1 N–H and O–H groups in total. The lowest BCUT2D eigenvalue weighted by Crippen LogP contribution is -2.31. The zero-order chi connectivity index (χ0) is 11.4. The largest absolute Gasteiger partial charge is 0.339 e. The summed E-state index contributed by atoms with van der Waals surface area (Å²) in [6.45, 7) is 1.71. The standard InChI is InChI=1S/C10H8BrClN2O/c1-3-6(2)14-10(15)8-4-7(11)5-13-9(8)12/h1,4-6H,2H3,(H,14,15). The summed E-state index contributed by atoms with van der Waals surface area (Å²) in [6, 6.07) is 1.25. The minimum Gasteiger partial charge on any atom is -0.339 e. The number of nitrogens with zero attached hydrogens (tertiary/aromatic N) is 1. The first-order chi connectivity index (χ1) is 7.04. The van der Waals surface area contributed by atoms with Gasteiger partial charge in [-0.3, -0.25) is 4.79 Å². The van der Waals surface area contributed by atoms with Gasteiger partial charge in [0.1, 0.15) is 5.15 Å². The molecular weight excluding hydrogens is 279 g/mol. The van der Waals surface area contributed by atoms with Gasteiger partial charge < -0.3 is 5.32 Å². The Balaban J connectivity index is 2.92. The number of carbonyl (C=O) groups is 1. The molecule has 15 heavy (non-hydrogen) atoms. The van der Waals surface area contributed by atoms with Crippen molar-refractivity contribution in [2.24, 2.45) is 0 Å². The van der Waals surface area contributed by atoms with E-state index in [0.717, 1.165) is 0 Å². The maximum Gasteiger partial charge on any atom is 0.255 e. The van der Waals surface area contributed by atoms with E-state index in [1.54, 1.807) is 13.0 Å². The number of terminal acetylenes is 1. The molecule has 1 unspecified atom stereocenters. The molecule has 1 atom stereocenters. The highest BCUT2D eigenvalue weighted by Crippen LogP contribution is 2.17. The number of carbonyl (C=O) groups excluding carboxylic acids is 1. The first-order valence-corrected chi connectivity index (χ1v) is 5.29. The van der Waals surface area contributed by atoms with Crippen LogP contribution in [0.2, 0.25) is 5.15 Å². The van der Waals surface area contributed by atoms with Gasteiger partial charge in [-0.05, 0) is 28.9 Å². The van der Waals surface area contributed by atoms with Gasteiger partial charge >= 0.3 is 0 Å². The van der Waals surface area contributed by atoms with Crippen LogP contribution in [0.15, 0.2) is 16.7 Å². The van der Waals surface area contributed by atoms with Crippen molar-refractivity contribution in [1.29, 1.82) is 0 Å². The van der Waals surface area contributed by atoms with Crippen LogP contribution in [0.4, 0.5) is 0 Å². The number of rotatable bonds is 2. The zero-order valence-electron chi connectivity index (χ0n) is 7.92. The molecule has 0 bridgehead atoms. The number of halogens is 2. The monoisotopic (exact) mass is 286 g/mol. The van der Waals surface area contributed by atoms with Gasteiger partial charge in [-0.2, -0.15) is 0 Å². The number of hydrogen-bond donors (Lipinski definition) is 1. The summed E-state index contributed by atoms with van der Waals surface area (Å²) < 4.78 is 0.686. The molecule has 1 aromatic rings. The van der Waals surface area contributed by atoms with E-state index >= 15 is 0 Å². The van der Waals surface area contributed by atoms with E-state index in [4.69, 9.17) is 18.0 Å². The topological polar surface area (TPSA) is 42.0 Å². The molecule has 3 nitrogen and oxygen atoms in total.